The fourth-order valence-corrected chi connectivity index (χ4v) is 12.1. The number of nitrogens with zero attached hydrogens (tertiary/aromatic N) is 2. The zero-order chi connectivity index (χ0) is 28.7. The molecule has 1 aromatic rings. The van der Waals surface area contributed by atoms with Gasteiger partial charge in [0.25, 0.3) is 0 Å². The minimum absolute atomic E-state index is 0.00678. The molecule has 0 amide bonds. The van der Waals surface area contributed by atoms with Crippen molar-refractivity contribution in [3.05, 3.63) is 48.6 Å². The van der Waals surface area contributed by atoms with E-state index >= 15 is 0 Å². The van der Waals surface area contributed by atoms with Crippen molar-refractivity contribution in [1.29, 1.82) is 0 Å². The van der Waals surface area contributed by atoms with Gasteiger partial charge < -0.3 is 9.84 Å². The van der Waals surface area contributed by atoms with Gasteiger partial charge in [0.2, 0.25) is 0 Å². The van der Waals surface area contributed by atoms with Gasteiger partial charge in [0.15, 0.2) is 0 Å². The summed E-state index contributed by atoms with van der Waals surface area (Å²) < 4.78 is 5.84. The molecule has 0 unspecified atom stereocenters. The van der Waals surface area contributed by atoms with Crippen LogP contribution < -0.4 is 0 Å². The molecule has 5 nitrogen and oxygen atoms in total. The van der Waals surface area contributed by atoms with Crippen molar-refractivity contribution in [1.82, 2.24) is 9.97 Å². The molecule has 40 heavy (non-hydrogen) atoms. The van der Waals surface area contributed by atoms with Gasteiger partial charge in [0.1, 0.15) is 6.61 Å². The van der Waals surface area contributed by atoms with E-state index in [1.165, 1.54) is 5.57 Å². The monoisotopic (exact) mass is 546 g/mol. The first-order valence-electron chi connectivity index (χ1n) is 15.8. The van der Waals surface area contributed by atoms with Crippen molar-refractivity contribution in [2.45, 2.75) is 97.8 Å². The van der Waals surface area contributed by atoms with E-state index in [9.17, 15) is 9.90 Å². The molecule has 218 valence electrons. The quantitative estimate of drug-likeness (QED) is 0.323. The highest BCUT2D eigenvalue weighted by atomic mass is 16.5. The highest BCUT2D eigenvalue weighted by Crippen LogP contribution is 2.77. The van der Waals surface area contributed by atoms with E-state index in [0.717, 1.165) is 69.2 Å². The van der Waals surface area contributed by atoms with Crippen LogP contribution in [-0.2, 0) is 21.4 Å². The van der Waals surface area contributed by atoms with Crippen LogP contribution in [0.2, 0.25) is 0 Å². The SMILES string of the molecule is C=CCOC(=O)[C@]12CC[C@@H](C(=C)C)[C@@H]1[C@H]1CC[C@@H]3[C@@]4(C)Cc5nccnc5[C@@](C)(CO)[C@@H]4CC[C@@]3(C)[C@]1(C)CC2. The van der Waals surface area contributed by atoms with Crippen molar-refractivity contribution in [3.63, 3.8) is 0 Å². The van der Waals surface area contributed by atoms with E-state index in [1.807, 2.05) is 6.20 Å². The second-order valence-electron chi connectivity index (χ2n) is 15.3. The number of hydrogen-bond acceptors (Lipinski definition) is 5. The van der Waals surface area contributed by atoms with Crippen LogP contribution in [0.15, 0.2) is 37.2 Å². The number of aromatic nitrogens is 2. The number of rotatable bonds is 5. The Bertz CT molecular complexity index is 1230. The molecule has 1 N–H and O–H groups in total. The molecule has 4 saturated carbocycles. The van der Waals surface area contributed by atoms with Gasteiger partial charge >= 0.3 is 5.97 Å². The lowest BCUT2D eigenvalue weighted by Gasteiger charge is -2.72. The number of ether oxygens (including phenoxy) is 1. The average molecular weight is 547 g/mol. The van der Waals surface area contributed by atoms with Gasteiger partial charge in [0.05, 0.1) is 23.4 Å². The van der Waals surface area contributed by atoms with Crippen LogP contribution in [0.5, 0.6) is 0 Å². The first-order valence-corrected chi connectivity index (χ1v) is 15.8. The Labute approximate surface area is 241 Å². The number of carbonyl (C=O) groups is 1. The van der Waals surface area contributed by atoms with Crippen LogP contribution in [0.4, 0.5) is 0 Å². The minimum Gasteiger partial charge on any atom is -0.461 e. The smallest absolute Gasteiger partial charge is 0.312 e. The van der Waals surface area contributed by atoms with Gasteiger partial charge in [-0.15, -0.1) is 0 Å². The molecule has 5 aliphatic rings. The van der Waals surface area contributed by atoms with Crippen LogP contribution in [0.25, 0.3) is 0 Å². The number of hydrogen-bond donors (Lipinski definition) is 1. The first-order chi connectivity index (χ1) is 18.9. The van der Waals surface area contributed by atoms with Crippen LogP contribution in [0.3, 0.4) is 0 Å². The van der Waals surface area contributed by atoms with Crippen molar-refractivity contribution < 1.29 is 14.6 Å². The van der Waals surface area contributed by atoms with Crippen LogP contribution >= 0.6 is 0 Å². The summed E-state index contributed by atoms with van der Waals surface area (Å²) >= 11 is 0. The Morgan fingerprint density at radius 3 is 2.48 bits per heavy atom. The molecule has 4 fully saturated rings. The number of carbonyl (C=O) groups excluding carboxylic acids is 1. The summed E-state index contributed by atoms with van der Waals surface area (Å²) in [5.41, 5.74) is 2.89. The summed E-state index contributed by atoms with van der Waals surface area (Å²) in [7, 11) is 0. The Morgan fingerprint density at radius 2 is 1.77 bits per heavy atom. The molecule has 0 radical (unpaired) electrons. The number of fused-ring (bicyclic) bond motifs is 8. The summed E-state index contributed by atoms with van der Waals surface area (Å²) in [6.45, 7) is 20.8. The topological polar surface area (TPSA) is 72.3 Å². The fourth-order valence-electron chi connectivity index (χ4n) is 12.1. The second kappa shape index (κ2) is 9.24. The minimum atomic E-state index is -0.393. The number of allylic oxidation sites excluding steroid dienone is 1. The summed E-state index contributed by atoms with van der Waals surface area (Å²) in [6.07, 6.45) is 14.8. The predicted molar refractivity (Wildman–Crippen MR) is 157 cm³/mol. The third-order valence-corrected chi connectivity index (χ3v) is 14.0. The molecule has 6 rings (SSSR count). The highest BCUT2D eigenvalue weighted by molar-refractivity contribution is 5.78. The zero-order valence-electron chi connectivity index (χ0n) is 25.5. The van der Waals surface area contributed by atoms with Gasteiger partial charge in [-0.1, -0.05) is 52.5 Å². The van der Waals surface area contributed by atoms with Gasteiger partial charge in [-0.3, -0.25) is 14.8 Å². The lowest BCUT2D eigenvalue weighted by atomic mass is 9.32. The number of aliphatic hydroxyl groups excluding tert-OH is 1. The molecular formula is C35H50N2O3. The van der Waals surface area contributed by atoms with E-state index < -0.39 is 5.41 Å². The maximum atomic E-state index is 13.8. The third-order valence-electron chi connectivity index (χ3n) is 14.0. The van der Waals surface area contributed by atoms with E-state index in [2.05, 4.69) is 47.8 Å². The standard InChI is InChI=1S/C35H50N2O3/c1-8-19-40-30(39)35-14-11-23(22(2)3)28(35)24-9-10-27-31(4)20-25-29(37-18-17-36-25)32(5,21-38)26(31)12-13-34(27,7)33(24,6)15-16-35/h8,17-18,23-24,26-28,38H,1-2,9-16,19-21H2,3-7H3/t23-,24+,26+,27+,28+,31-,32-,33+,34+,35-/m0/s1. The molecule has 10 atom stereocenters. The zero-order valence-corrected chi connectivity index (χ0v) is 25.5. The predicted octanol–water partition coefficient (Wildman–Crippen LogP) is 6.85. The highest BCUT2D eigenvalue weighted by Gasteiger charge is 2.72. The molecule has 1 aromatic heterocycles. The largest absolute Gasteiger partial charge is 0.461 e. The molecule has 0 bridgehead atoms. The average Bonchev–Trinajstić information content (AvgIpc) is 3.33. The van der Waals surface area contributed by atoms with E-state index in [4.69, 9.17) is 14.7 Å². The lowest BCUT2D eigenvalue weighted by molar-refractivity contribution is -0.231. The van der Waals surface area contributed by atoms with E-state index in [0.29, 0.717) is 36.2 Å². The summed E-state index contributed by atoms with van der Waals surface area (Å²) in [5.74, 6) is 2.06. The van der Waals surface area contributed by atoms with Crippen molar-refractivity contribution in [2.24, 2.45) is 51.2 Å². The molecular weight excluding hydrogens is 496 g/mol. The van der Waals surface area contributed by atoms with Crippen LogP contribution in [0, 0.1) is 51.2 Å². The Morgan fingerprint density at radius 1 is 1.02 bits per heavy atom. The Hall–Kier alpha value is -2.01. The third kappa shape index (κ3) is 3.39. The first kappa shape index (κ1) is 28.1. The molecule has 1 heterocycles. The maximum absolute atomic E-state index is 13.8. The fraction of sp³-hybridized carbons (Fsp3) is 0.743. The molecule has 0 saturated heterocycles. The molecule has 5 aliphatic carbocycles. The van der Waals surface area contributed by atoms with Gasteiger partial charge in [-0.2, -0.15) is 0 Å². The molecule has 0 aliphatic heterocycles. The second-order valence-corrected chi connectivity index (χ2v) is 15.3. The Kier molecular flexibility index (Phi) is 6.50. The molecule has 0 aromatic carbocycles. The number of aliphatic hydroxyl groups is 1. The molecule has 0 spiro atoms. The summed E-state index contributed by atoms with van der Waals surface area (Å²) in [4.78, 5) is 23.4. The van der Waals surface area contributed by atoms with Crippen molar-refractivity contribution in [3.8, 4) is 0 Å². The van der Waals surface area contributed by atoms with E-state index in [1.54, 1.807) is 12.3 Å². The normalized spacial score (nSPS) is 47.1. The van der Waals surface area contributed by atoms with Gasteiger partial charge in [-0.05, 0) is 111 Å². The Balaban J connectivity index is 1.42. The summed E-state index contributed by atoms with van der Waals surface area (Å²) in [6, 6.07) is 0. The van der Waals surface area contributed by atoms with Gasteiger partial charge in [0, 0.05) is 17.8 Å². The van der Waals surface area contributed by atoms with Crippen molar-refractivity contribution in [2.75, 3.05) is 13.2 Å². The summed E-state index contributed by atoms with van der Waals surface area (Å²) in [5, 5.41) is 10.8. The van der Waals surface area contributed by atoms with Crippen LogP contribution in [-0.4, -0.2) is 34.3 Å². The van der Waals surface area contributed by atoms with Crippen molar-refractivity contribution >= 4 is 5.97 Å². The lowest BCUT2D eigenvalue weighted by Crippen LogP contribution is -2.67. The maximum Gasteiger partial charge on any atom is 0.312 e. The van der Waals surface area contributed by atoms with Crippen LogP contribution in [0.1, 0.15) is 97.4 Å². The van der Waals surface area contributed by atoms with Gasteiger partial charge in [-0.25, -0.2) is 0 Å². The van der Waals surface area contributed by atoms with E-state index in [-0.39, 0.29) is 34.2 Å². The molecule has 5 heteroatoms. The number of esters is 1.